The number of carbonyl (C=O) groups is 1. The van der Waals surface area contributed by atoms with Crippen molar-refractivity contribution in [2.24, 2.45) is 0 Å². The third-order valence-electron chi connectivity index (χ3n) is 2.66. The Labute approximate surface area is 136 Å². The summed E-state index contributed by atoms with van der Waals surface area (Å²) in [7, 11) is 0. The zero-order valence-electron chi connectivity index (χ0n) is 11.1. The standard InChI is InChI=1S/C14H14Cl2N2O2S/c15-9-6-11(16)14(12(17)7-9)18-13(19)8-20-4-3-10-2-1-5-21-10/h1-2,5-7H,3-4,8,17H2,(H,18,19). The lowest BCUT2D eigenvalue weighted by Gasteiger charge is -2.11. The van der Waals surface area contributed by atoms with Crippen LogP contribution in [0.5, 0.6) is 0 Å². The summed E-state index contributed by atoms with van der Waals surface area (Å²) in [5.41, 5.74) is 6.44. The minimum Gasteiger partial charge on any atom is -0.397 e. The van der Waals surface area contributed by atoms with E-state index < -0.39 is 0 Å². The highest BCUT2D eigenvalue weighted by Gasteiger charge is 2.10. The number of hydrogen-bond donors (Lipinski definition) is 2. The minimum absolute atomic E-state index is 0.0518. The number of amides is 1. The number of carbonyl (C=O) groups excluding carboxylic acids is 1. The van der Waals surface area contributed by atoms with E-state index in [1.807, 2.05) is 17.5 Å². The van der Waals surface area contributed by atoms with Crippen molar-refractivity contribution in [3.63, 3.8) is 0 Å². The van der Waals surface area contributed by atoms with Gasteiger partial charge in [-0.1, -0.05) is 29.3 Å². The Morgan fingerprint density at radius 3 is 2.86 bits per heavy atom. The van der Waals surface area contributed by atoms with Gasteiger partial charge in [-0.2, -0.15) is 0 Å². The number of rotatable bonds is 6. The number of nitrogens with two attached hydrogens (primary N) is 1. The highest BCUT2D eigenvalue weighted by Crippen LogP contribution is 2.31. The van der Waals surface area contributed by atoms with E-state index in [-0.39, 0.29) is 12.5 Å². The maximum atomic E-state index is 11.8. The van der Waals surface area contributed by atoms with Crippen LogP contribution in [0.25, 0.3) is 0 Å². The van der Waals surface area contributed by atoms with E-state index in [1.54, 1.807) is 11.3 Å². The van der Waals surface area contributed by atoms with Gasteiger partial charge in [0.1, 0.15) is 6.61 Å². The fraction of sp³-hybridized carbons (Fsp3) is 0.214. The predicted molar refractivity (Wildman–Crippen MR) is 88.3 cm³/mol. The van der Waals surface area contributed by atoms with Crippen LogP contribution in [0.3, 0.4) is 0 Å². The lowest BCUT2D eigenvalue weighted by atomic mass is 10.2. The van der Waals surface area contributed by atoms with Gasteiger partial charge in [-0.05, 0) is 23.6 Å². The summed E-state index contributed by atoms with van der Waals surface area (Å²) in [4.78, 5) is 13.0. The first-order valence-corrected chi connectivity index (χ1v) is 7.84. The second kappa shape index (κ2) is 7.66. The molecule has 1 amide bonds. The van der Waals surface area contributed by atoms with Crippen LogP contribution in [0, 0.1) is 0 Å². The molecule has 0 aliphatic carbocycles. The van der Waals surface area contributed by atoms with Gasteiger partial charge in [-0.15, -0.1) is 11.3 Å². The predicted octanol–water partition coefficient (Wildman–Crippen LogP) is 3.83. The number of hydrogen-bond acceptors (Lipinski definition) is 4. The van der Waals surface area contributed by atoms with Crippen LogP contribution in [0.15, 0.2) is 29.6 Å². The molecule has 0 aliphatic heterocycles. The Balaban J connectivity index is 1.79. The van der Waals surface area contributed by atoms with Gasteiger partial charge in [-0.3, -0.25) is 4.79 Å². The summed E-state index contributed by atoms with van der Waals surface area (Å²) in [5, 5.41) is 5.35. The molecular formula is C14H14Cl2N2O2S. The second-order valence-corrected chi connectivity index (χ2v) is 6.16. The molecule has 1 aromatic carbocycles. The van der Waals surface area contributed by atoms with Crippen molar-refractivity contribution in [1.29, 1.82) is 0 Å². The second-order valence-electron chi connectivity index (χ2n) is 4.28. The van der Waals surface area contributed by atoms with Gasteiger partial charge in [0.15, 0.2) is 0 Å². The van der Waals surface area contributed by atoms with E-state index in [0.717, 1.165) is 6.42 Å². The summed E-state index contributed by atoms with van der Waals surface area (Å²) in [6.07, 6.45) is 0.786. The third-order valence-corrected chi connectivity index (χ3v) is 4.11. The summed E-state index contributed by atoms with van der Waals surface area (Å²) in [6, 6.07) is 7.06. The monoisotopic (exact) mass is 344 g/mol. The molecule has 2 aromatic rings. The normalized spacial score (nSPS) is 10.6. The van der Waals surface area contributed by atoms with E-state index in [9.17, 15) is 4.79 Å². The number of nitrogens with one attached hydrogen (secondary N) is 1. The van der Waals surface area contributed by atoms with Crippen LogP contribution in [0.1, 0.15) is 4.88 Å². The molecule has 1 aromatic heterocycles. The molecule has 0 saturated heterocycles. The largest absolute Gasteiger partial charge is 0.397 e. The first-order chi connectivity index (χ1) is 10.1. The van der Waals surface area contributed by atoms with Crippen molar-refractivity contribution in [3.8, 4) is 0 Å². The quantitative estimate of drug-likeness (QED) is 0.618. The summed E-state index contributed by atoms with van der Waals surface area (Å²) < 4.78 is 5.33. The molecule has 7 heteroatoms. The highest BCUT2D eigenvalue weighted by atomic mass is 35.5. The lowest BCUT2D eigenvalue weighted by Crippen LogP contribution is -2.20. The molecule has 1 heterocycles. The van der Waals surface area contributed by atoms with Crippen molar-refractivity contribution in [1.82, 2.24) is 0 Å². The Morgan fingerprint density at radius 2 is 2.19 bits per heavy atom. The van der Waals surface area contributed by atoms with Gasteiger partial charge in [0, 0.05) is 16.3 Å². The number of nitrogen functional groups attached to an aromatic ring is 1. The molecule has 21 heavy (non-hydrogen) atoms. The average molecular weight is 345 g/mol. The molecule has 2 rings (SSSR count). The minimum atomic E-state index is -0.308. The van der Waals surface area contributed by atoms with Crippen molar-refractivity contribution in [2.45, 2.75) is 6.42 Å². The number of anilines is 2. The first kappa shape index (κ1) is 16.1. The molecule has 0 saturated carbocycles. The zero-order chi connectivity index (χ0) is 15.2. The topological polar surface area (TPSA) is 64.3 Å². The molecular weight excluding hydrogens is 331 g/mol. The summed E-state index contributed by atoms with van der Waals surface area (Å²) in [5.74, 6) is -0.308. The molecule has 0 radical (unpaired) electrons. The van der Waals surface area contributed by atoms with E-state index in [1.165, 1.54) is 17.0 Å². The van der Waals surface area contributed by atoms with Gasteiger partial charge >= 0.3 is 0 Å². The van der Waals surface area contributed by atoms with Gasteiger partial charge in [-0.25, -0.2) is 0 Å². The Kier molecular flexibility index (Phi) is 5.87. The van der Waals surface area contributed by atoms with E-state index in [4.69, 9.17) is 33.7 Å². The highest BCUT2D eigenvalue weighted by molar-refractivity contribution is 7.09. The third kappa shape index (κ3) is 4.89. The zero-order valence-corrected chi connectivity index (χ0v) is 13.4. The van der Waals surface area contributed by atoms with E-state index >= 15 is 0 Å². The number of thiophene rings is 1. The van der Waals surface area contributed by atoms with Crippen LogP contribution in [-0.2, 0) is 16.0 Å². The van der Waals surface area contributed by atoms with Crippen molar-refractivity contribution < 1.29 is 9.53 Å². The Morgan fingerprint density at radius 1 is 1.38 bits per heavy atom. The van der Waals surface area contributed by atoms with Gasteiger partial charge < -0.3 is 15.8 Å². The number of halogens is 2. The molecule has 112 valence electrons. The summed E-state index contributed by atoms with van der Waals surface area (Å²) in [6.45, 7) is 0.432. The van der Waals surface area contributed by atoms with Gasteiger partial charge in [0.05, 0.1) is 23.0 Å². The fourth-order valence-electron chi connectivity index (χ4n) is 1.69. The van der Waals surface area contributed by atoms with Crippen LogP contribution in [0.2, 0.25) is 10.0 Å². The smallest absolute Gasteiger partial charge is 0.250 e. The molecule has 0 unspecified atom stereocenters. The lowest BCUT2D eigenvalue weighted by molar-refractivity contribution is -0.120. The Hall–Kier alpha value is -1.27. The first-order valence-electron chi connectivity index (χ1n) is 6.21. The molecule has 4 nitrogen and oxygen atoms in total. The van der Waals surface area contributed by atoms with Crippen LogP contribution in [0.4, 0.5) is 11.4 Å². The number of benzene rings is 1. The van der Waals surface area contributed by atoms with Crippen molar-refractivity contribution in [2.75, 3.05) is 24.3 Å². The van der Waals surface area contributed by atoms with Gasteiger partial charge in [0.2, 0.25) is 5.91 Å². The maximum Gasteiger partial charge on any atom is 0.250 e. The molecule has 0 bridgehead atoms. The Bertz CT molecular complexity index is 594. The number of ether oxygens (including phenoxy) is 1. The van der Waals surface area contributed by atoms with E-state index in [2.05, 4.69) is 5.32 Å². The molecule has 0 aliphatic rings. The maximum absolute atomic E-state index is 11.8. The fourth-order valence-corrected chi connectivity index (χ4v) is 2.94. The molecule has 0 fully saturated rings. The van der Waals surface area contributed by atoms with Crippen LogP contribution in [-0.4, -0.2) is 19.1 Å². The van der Waals surface area contributed by atoms with E-state index in [0.29, 0.717) is 28.0 Å². The van der Waals surface area contributed by atoms with Crippen LogP contribution >= 0.6 is 34.5 Å². The van der Waals surface area contributed by atoms with Gasteiger partial charge in [0.25, 0.3) is 0 Å². The van der Waals surface area contributed by atoms with Crippen LogP contribution < -0.4 is 11.1 Å². The molecule has 0 spiro atoms. The molecule has 3 N–H and O–H groups in total. The van der Waals surface area contributed by atoms with Crippen molar-refractivity contribution in [3.05, 3.63) is 44.6 Å². The SMILES string of the molecule is Nc1cc(Cl)cc(Cl)c1NC(=O)COCCc1cccs1. The molecule has 0 atom stereocenters. The van der Waals surface area contributed by atoms with Crippen molar-refractivity contribution >= 4 is 51.8 Å². The average Bonchev–Trinajstić information content (AvgIpc) is 2.92. The summed E-state index contributed by atoms with van der Waals surface area (Å²) >= 11 is 13.5.